The first-order chi connectivity index (χ1) is 13.5. The third-order valence-electron chi connectivity index (χ3n) is 4.31. The van der Waals surface area contributed by atoms with E-state index < -0.39 is 11.6 Å². The lowest BCUT2D eigenvalue weighted by Crippen LogP contribution is -2.24. The summed E-state index contributed by atoms with van der Waals surface area (Å²) in [5, 5.41) is 2.70. The fourth-order valence-corrected chi connectivity index (χ4v) is 2.95. The Morgan fingerprint density at radius 2 is 2.00 bits per heavy atom. The molecule has 0 aromatic heterocycles. The van der Waals surface area contributed by atoms with Gasteiger partial charge in [0.15, 0.2) is 11.6 Å². The number of halogens is 2. The van der Waals surface area contributed by atoms with E-state index in [0.717, 1.165) is 12.5 Å². The minimum Gasteiger partial charge on any atom is -0.494 e. The molecule has 1 N–H and O–H groups in total. The minimum atomic E-state index is -0.822. The van der Waals surface area contributed by atoms with E-state index in [1.807, 2.05) is 0 Å². The molecule has 1 aliphatic heterocycles. The van der Waals surface area contributed by atoms with Gasteiger partial charge in [0.1, 0.15) is 11.6 Å². The molecule has 1 heterocycles. The summed E-state index contributed by atoms with van der Waals surface area (Å²) < 4.78 is 36.9. The normalized spacial score (nSPS) is 13.5. The fraction of sp³-hybridized carbons (Fsp3) is 0.300. The largest absolute Gasteiger partial charge is 0.494 e. The van der Waals surface area contributed by atoms with E-state index in [9.17, 15) is 18.4 Å². The molecule has 0 aliphatic carbocycles. The van der Waals surface area contributed by atoms with Crippen LogP contribution in [0, 0.1) is 11.6 Å². The second-order valence-electron chi connectivity index (χ2n) is 6.26. The van der Waals surface area contributed by atoms with E-state index in [2.05, 4.69) is 5.32 Å². The van der Waals surface area contributed by atoms with Crippen LogP contribution in [0.25, 0.3) is 0 Å². The van der Waals surface area contributed by atoms with Crippen LogP contribution in [0.3, 0.4) is 0 Å². The van der Waals surface area contributed by atoms with Crippen molar-refractivity contribution in [1.29, 1.82) is 0 Å². The smallest absolute Gasteiger partial charge is 0.227 e. The van der Waals surface area contributed by atoms with Gasteiger partial charge in [-0.3, -0.25) is 9.59 Å². The van der Waals surface area contributed by atoms with Crippen LogP contribution in [0.15, 0.2) is 36.4 Å². The maximum Gasteiger partial charge on any atom is 0.227 e. The lowest BCUT2D eigenvalue weighted by Gasteiger charge is -2.19. The summed E-state index contributed by atoms with van der Waals surface area (Å²) in [7, 11) is 1.50. The molecule has 0 atom stereocenters. The average Bonchev–Trinajstić information content (AvgIpc) is 3.09. The minimum absolute atomic E-state index is 0.0223. The summed E-state index contributed by atoms with van der Waals surface area (Å²) in [6.07, 6.45) is 1.29. The van der Waals surface area contributed by atoms with Crippen LogP contribution in [0.1, 0.15) is 19.3 Å². The van der Waals surface area contributed by atoms with Gasteiger partial charge in [0.05, 0.1) is 25.8 Å². The molecular formula is C20H20F2N2O4. The molecule has 2 amide bonds. The maximum atomic E-state index is 13.5. The second-order valence-corrected chi connectivity index (χ2v) is 6.26. The predicted octanol–water partition coefficient (Wildman–Crippen LogP) is 3.51. The number of hydrogen-bond donors (Lipinski definition) is 1. The molecule has 1 saturated heterocycles. The van der Waals surface area contributed by atoms with Gasteiger partial charge in [0, 0.05) is 30.8 Å². The number of nitrogens with zero attached hydrogens (tertiary/aromatic N) is 1. The molecule has 0 saturated carbocycles. The third-order valence-corrected chi connectivity index (χ3v) is 4.31. The Morgan fingerprint density at radius 1 is 1.18 bits per heavy atom. The summed E-state index contributed by atoms with van der Waals surface area (Å²) in [4.78, 5) is 25.7. The number of benzene rings is 2. The van der Waals surface area contributed by atoms with Gasteiger partial charge in [0.2, 0.25) is 11.8 Å². The summed E-state index contributed by atoms with van der Waals surface area (Å²) >= 11 is 0. The van der Waals surface area contributed by atoms with Gasteiger partial charge in [-0.25, -0.2) is 8.78 Å². The third kappa shape index (κ3) is 4.57. The van der Waals surface area contributed by atoms with Crippen LogP contribution in [-0.2, 0) is 9.59 Å². The van der Waals surface area contributed by atoms with Crippen LogP contribution in [0.2, 0.25) is 0 Å². The number of anilines is 2. The number of carbonyl (C=O) groups excluding carboxylic acids is 2. The molecule has 1 fully saturated rings. The van der Waals surface area contributed by atoms with Crippen LogP contribution < -0.4 is 19.7 Å². The van der Waals surface area contributed by atoms with E-state index in [1.54, 1.807) is 23.1 Å². The van der Waals surface area contributed by atoms with Crippen LogP contribution >= 0.6 is 0 Å². The number of amides is 2. The summed E-state index contributed by atoms with van der Waals surface area (Å²) in [6, 6.07) is 8.01. The number of nitrogens with one attached hydrogen (secondary N) is 1. The molecule has 0 spiro atoms. The van der Waals surface area contributed by atoms with E-state index in [-0.39, 0.29) is 30.6 Å². The van der Waals surface area contributed by atoms with Crippen molar-refractivity contribution in [3.8, 4) is 11.5 Å². The predicted molar refractivity (Wildman–Crippen MR) is 99.7 cm³/mol. The van der Waals surface area contributed by atoms with Crippen molar-refractivity contribution in [2.75, 3.05) is 30.5 Å². The van der Waals surface area contributed by atoms with Crippen LogP contribution in [0.4, 0.5) is 20.2 Å². The van der Waals surface area contributed by atoms with E-state index >= 15 is 0 Å². The van der Waals surface area contributed by atoms with Crippen molar-refractivity contribution in [3.05, 3.63) is 48.0 Å². The number of rotatable bonds is 7. The molecule has 148 valence electrons. The molecule has 0 radical (unpaired) electrons. The summed E-state index contributed by atoms with van der Waals surface area (Å²) in [5.74, 6) is -1.45. The Balaban J connectivity index is 1.57. The van der Waals surface area contributed by atoms with Gasteiger partial charge < -0.3 is 19.7 Å². The van der Waals surface area contributed by atoms with Gasteiger partial charge in [0.25, 0.3) is 0 Å². The lowest BCUT2D eigenvalue weighted by molar-refractivity contribution is -0.117. The van der Waals surface area contributed by atoms with Gasteiger partial charge in [-0.2, -0.15) is 0 Å². The quantitative estimate of drug-likeness (QED) is 0.786. The van der Waals surface area contributed by atoms with Crippen molar-refractivity contribution in [3.63, 3.8) is 0 Å². The second kappa shape index (κ2) is 8.69. The van der Waals surface area contributed by atoms with Gasteiger partial charge in [-0.15, -0.1) is 0 Å². The Hall–Kier alpha value is -3.16. The van der Waals surface area contributed by atoms with Crippen LogP contribution in [-0.4, -0.2) is 32.1 Å². The molecule has 6 nitrogen and oxygen atoms in total. The Morgan fingerprint density at radius 3 is 2.68 bits per heavy atom. The molecule has 8 heteroatoms. The highest BCUT2D eigenvalue weighted by molar-refractivity contribution is 5.97. The van der Waals surface area contributed by atoms with Gasteiger partial charge in [-0.05, 0) is 30.7 Å². The SMILES string of the molecule is COc1cc(NC(=O)CCOc2ccc(F)cc2F)ccc1N1CCCC1=O. The van der Waals surface area contributed by atoms with Crippen molar-refractivity contribution in [2.45, 2.75) is 19.3 Å². The molecule has 3 rings (SSSR count). The maximum absolute atomic E-state index is 13.5. The molecule has 2 aromatic carbocycles. The first-order valence-corrected chi connectivity index (χ1v) is 8.84. The molecule has 28 heavy (non-hydrogen) atoms. The Labute approximate surface area is 161 Å². The van der Waals surface area contributed by atoms with Crippen LogP contribution in [0.5, 0.6) is 11.5 Å². The zero-order chi connectivity index (χ0) is 20.1. The van der Waals surface area contributed by atoms with Crippen molar-refractivity contribution in [2.24, 2.45) is 0 Å². The topological polar surface area (TPSA) is 67.9 Å². The number of carbonyl (C=O) groups is 2. The highest BCUT2D eigenvalue weighted by atomic mass is 19.1. The lowest BCUT2D eigenvalue weighted by atomic mass is 10.2. The van der Waals surface area contributed by atoms with Gasteiger partial charge >= 0.3 is 0 Å². The molecule has 0 bridgehead atoms. The number of ether oxygens (including phenoxy) is 2. The average molecular weight is 390 g/mol. The molecule has 2 aromatic rings. The van der Waals surface area contributed by atoms with Crippen molar-refractivity contribution < 1.29 is 27.8 Å². The zero-order valence-electron chi connectivity index (χ0n) is 15.3. The highest BCUT2D eigenvalue weighted by Crippen LogP contribution is 2.33. The Bertz CT molecular complexity index is 889. The summed E-state index contributed by atoms with van der Waals surface area (Å²) in [6.45, 7) is 0.573. The molecule has 0 unspecified atom stereocenters. The first kappa shape index (κ1) is 19.6. The summed E-state index contributed by atoms with van der Waals surface area (Å²) in [5.41, 5.74) is 1.17. The van der Waals surface area contributed by atoms with E-state index in [1.165, 1.54) is 13.2 Å². The fourth-order valence-electron chi connectivity index (χ4n) is 2.95. The highest BCUT2D eigenvalue weighted by Gasteiger charge is 2.24. The number of hydrogen-bond acceptors (Lipinski definition) is 4. The van der Waals surface area contributed by atoms with Gasteiger partial charge in [-0.1, -0.05) is 0 Å². The van der Waals surface area contributed by atoms with Crippen molar-refractivity contribution >= 4 is 23.2 Å². The molecular weight excluding hydrogens is 370 g/mol. The van der Waals surface area contributed by atoms with E-state index in [4.69, 9.17) is 9.47 Å². The van der Waals surface area contributed by atoms with Crippen molar-refractivity contribution in [1.82, 2.24) is 0 Å². The van der Waals surface area contributed by atoms with E-state index in [0.29, 0.717) is 36.2 Å². The standard InChI is InChI=1S/C20H20F2N2O4/c1-27-18-12-14(5-6-16(18)24-9-2-3-20(24)26)23-19(25)8-10-28-17-7-4-13(21)11-15(17)22/h4-7,11-12H,2-3,8-10H2,1H3,(H,23,25). The number of methoxy groups -OCH3 is 1. The molecule has 1 aliphatic rings. The first-order valence-electron chi connectivity index (χ1n) is 8.84. The zero-order valence-corrected chi connectivity index (χ0v) is 15.3. The monoisotopic (exact) mass is 390 g/mol. The Kier molecular flexibility index (Phi) is 6.08.